The van der Waals surface area contributed by atoms with E-state index in [1.165, 1.54) is 48.5 Å². The first kappa shape index (κ1) is 32.8. The van der Waals surface area contributed by atoms with Gasteiger partial charge < -0.3 is 19.7 Å². The number of rotatable bonds is 7. The van der Waals surface area contributed by atoms with E-state index < -0.39 is 62.3 Å². The monoisotopic (exact) mass is 677 g/mol. The highest BCUT2D eigenvalue weighted by Gasteiger charge is 2.64. The first-order valence-corrected chi connectivity index (χ1v) is 16.7. The molecule has 3 amide bonds. The lowest BCUT2D eigenvalue weighted by molar-refractivity contribution is -0.148. The molecule has 1 aliphatic carbocycles. The average molecular weight is 679 g/mol. The summed E-state index contributed by atoms with van der Waals surface area (Å²) in [6.45, 7) is 5.05. The molecular formula is C30H33Cl2N5O7S. The van der Waals surface area contributed by atoms with E-state index in [1.54, 1.807) is 20.8 Å². The highest BCUT2D eigenvalue weighted by Crippen LogP contribution is 2.48. The topological polar surface area (TPSA) is 159 Å². The molecule has 5 rings (SSSR count). The molecule has 3 fully saturated rings. The smallest absolute Gasteiger partial charge is 0.412 e. The largest absolute Gasteiger partial charge is 0.497 e. The van der Waals surface area contributed by atoms with E-state index in [4.69, 9.17) is 32.7 Å². The molecular weight excluding hydrogens is 645 g/mol. The molecule has 2 saturated heterocycles. The lowest BCUT2D eigenvalue weighted by Crippen LogP contribution is -2.72. The van der Waals surface area contributed by atoms with Crippen molar-refractivity contribution < 1.29 is 32.3 Å². The lowest BCUT2D eigenvalue weighted by atomic mass is 9.84. The van der Waals surface area contributed by atoms with E-state index in [0.29, 0.717) is 31.4 Å². The van der Waals surface area contributed by atoms with Crippen LogP contribution in [-0.2, 0) is 24.2 Å². The number of methoxy groups -OCH3 is 1. The molecule has 2 aromatic rings. The number of aromatic nitrogens is 1. The molecule has 1 aromatic heterocycles. The summed E-state index contributed by atoms with van der Waals surface area (Å²) in [4.78, 5) is 47.8. The summed E-state index contributed by atoms with van der Waals surface area (Å²) in [6, 6.07) is 6.85. The summed E-state index contributed by atoms with van der Waals surface area (Å²) in [5.74, 6) is -1.97. The second-order valence-corrected chi connectivity index (χ2v) is 15.2. The van der Waals surface area contributed by atoms with Gasteiger partial charge in [-0.1, -0.05) is 23.2 Å². The number of hydrogen-bond acceptors (Lipinski definition) is 9. The van der Waals surface area contributed by atoms with E-state index in [1.807, 2.05) is 0 Å². The zero-order chi connectivity index (χ0) is 32.9. The van der Waals surface area contributed by atoms with Crippen molar-refractivity contribution in [3.63, 3.8) is 0 Å². The van der Waals surface area contributed by atoms with Crippen LogP contribution in [0.15, 0.2) is 41.4 Å². The van der Waals surface area contributed by atoms with Crippen molar-refractivity contribution in [2.24, 2.45) is 0 Å². The third-order valence-corrected chi connectivity index (χ3v) is 10.9. The van der Waals surface area contributed by atoms with E-state index >= 15 is 0 Å². The molecule has 4 atom stereocenters. The minimum atomic E-state index is -4.48. The summed E-state index contributed by atoms with van der Waals surface area (Å²) in [7, 11) is -3.07. The number of pyridine rings is 1. The van der Waals surface area contributed by atoms with Crippen molar-refractivity contribution in [2.75, 3.05) is 13.7 Å². The number of carbonyl (C=O) groups is 3. The highest BCUT2D eigenvalue weighted by molar-refractivity contribution is 7.92. The van der Waals surface area contributed by atoms with Gasteiger partial charge in [0.1, 0.15) is 29.0 Å². The predicted molar refractivity (Wildman–Crippen MR) is 163 cm³/mol. The van der Waals surface area contributed by atoms with Crippen LogP contribution in [0, 0.1) is 11.3 Å². The van der Waals surface area contributed by atoms with Crippen LogP contribution in [0.1, 0.15) is 58.1 Å². The van der Waals surface area contributed by atoms with Crippen molar-refractivity contribution >= 4 is 50.9 Å². The summed E-state index contributed by atoms with van der Waals surface area (Å²) >= 11 is 12.5. The maximum absolute atomic E-state index is 14.4. The van der Waals surface area contributed by atoms with Gasteiger partial charge in [0.15, 0.2) is 5.37 Å². The first-order chi connectivity index (χ1) is 21.1. The Hall–Kier alpha value is -3.60. The molecule has 1 saturated carbocycles. The van der Waals surface area contributed by atoms with E-state index in [0.717, 1.165) is 4.90 Å². The number of benzene rings is 1. The Morgan fingerprint density at radius 1 is 1.16 bits per heavy atom. The van der Waals surface area contributed by atoms with Crippen molar-refractivity contribution in [3.05, 3.63) is 52.3 Å². The zero-order valence-electron chi connectivity index (χ0n) is 25.1. The number of halogens is 2. The molecule has 12 nitrogen and oxygen atoms in total. The maximum atomic E-state index is 14.4. The van der Waals surface area contributed by atoms with Gasteiger partial charge >= 0.3 is 6.09 Å². The molecule has 15 heteroatoms. The fraction of sp³-hybridized carbons (Fsp3) is 0.500. The molecule has 0 bridgehead atoms. The molecule has 3 aliphatic rings. The van der Waals surface area contributed by atoms with Gasteiger partial charge in [-0.3, -0.25) is 19.5 Å². The second-order valence-electron chi connectivity index (χ2n) is 12.4. The van der Waals surface area contributed by atoms with Gasteiger partial charge in [-0.15, -0.1) is 0 Å². The number of nitrogens with one attached hydrogen (secondary N) is 1. The minimum Gasteiger partial charge on any atom is -0.497 e. The fourth-order valence-electron chi connectivity index (χ4n) is 5.75. The van der Waals surface area contributed by atoms with Gasteiger partial charge in [-0.25, -0.2) is 13.2 Å². The van der Waals surface area contributed by atoms with Crippen LogP contribution in [0.3, 0.4) is 0 Å². The Balaban J connectivity index is 1.59. The zero-order valence-corrected chi connectivity index (χ0v) is 27.4. The fourth-order valence-corrected chi connectivity index (χ4v) is 8.39. The van der Waals surface area contributed by atoms with Crippen molar-refractivity contribution in [2.45, 2.75) is 85.9 Å². The first-order valence-electron chi connectivity index (χ1n) is 14.4. The maximum Gasteiger partial charge on any atom is 0.412 e. The number of sulfone groups is 1. The predicted octanol–water partition coefficient (Wildman–Crippen LogP) is 4.06. The number of nitriles is 1. The van der Waals surface area contributed by atoms with Crippen LogP contribution in [0.5, 0.6) is 5.75 Å². The minimum absolute atomic E-state index is 0.140. The molecule has 0 spiro atoms. The van der Waals surface area contributed by atoms with Gasteiger partial charge in [-0.2, -0.15) is 5.26 Å². The van der Waals surface area contributed by atoms with Crippen LogP contribution < -0.4 is 10.1 Å². The Morgan fingerprint density at radius 2 is 1.87 bits per heavy atom. The molecule has 240 valence electrons. The summed E-state index contributed by atoms with van der Waals surface area (Å²) < 4.78 is 39.5. The summed E-state index contributed by atoms with van der Waals surface area (Å²) in [5.41, 5.74) is -1.79. The molecule has 2 unspecified atom stereocenters. The van der Waals surface area contributed by atoms with Crippen LogP contribution in [0.4, 0.5) is 4.79 Å². The third kappa shape index (κ3) is 6.28. The Labute approximate surface area is 271 Å². The summed E-state index contributed by atoms with van der Waals surface area (Å²) in [6.07, 6.45) is 2.15. The molecule has 0 radical (unpaired) electrons. The average Bonchev–Trinajstić information content (AvgIpc) is 3.54. The summed E-state index contributed by atoms with van der Waals surface area (Å²) in [5, 5.41) is 10.7. The quantitative estimate of drug-likeness (QED) is 0.456. The van der Waals surface area contributed by atoms with Gasteiger partial charge in [0, 0.05) is 24.5 Å². The number of hydrogen-bond donors (Lipinski definition) is 1. The molecule has 45 heavy (non-hydrogen) atoms. The number of likely N-dealkylation sites (tertiary alicyclic amines) is 2. The SMILES string of the molecule is COc1ccc(S(=O)(=O)[C@@H]2C(c3ccc(Cl)cn3)[C@@H](C(=O)N3CCCC3C(=O)NC3(C#N)CC3)N2C(=O)OC(C)(C)C)c(Cl)c1. The molecule has 3 heterocycles. The number of nitrogens with zero attached hydrogens (tertiary/aromatic N) is 4. The van der Waals surface area contributed by atoms with E-state index in [9.17, 15) is 28.1 Å². The Morgan fingerprint density at radius 3 is 2.42 bits per heavy atom. The van der Waals surface area contributed by atoms with Crippen molar-refractivity contribution in [3.8, 4) is 11.8 Å². The molecule has 1 aromatic carbocycles. The van der Waals surface area contributed by atoms with E-state index in [2.05, 4.69) is 16.4 Å². The van der Waals surface area contributed by atoms with Crippen LogP contribution >= 0.6 is 23.2 Å². The van der Waals surface area contributed by atoms with Crippen molar-refractivity contribution in [1.29, 1.82) is 5.26 Å². The molecule has 1 N–H and O–H groups in total. The van der Waals surface area contributed by atoms with Gasteiger partial charge in [0.25, 0.3) is 0 Å². The molecule has 2 aliphatic heterocycles. The van der Waals surface area contributed by atoms with Crippen LogP contribution in [0.2, 0.25) is 10.0 Å². The van der Waals surface area contributed by atoms with Crippen LogP contribution in [0.25, 0.3) is 0 Å². The normalized spacial score (nSPS) is 23.8. The van der Waals surface area contributed by atoms with Gasteiger partial charge in [0.2, 0.25) is 21.7 Å². The Kier molecular flexibility index (Phi) is 8.72. The second kappa shape index (κ2) is 12.0. The standard InChI is InChI=1S/C30H33Cl2N5O7S/c1-29(2,3)44-28(40)37-24(26(39)36-13-5-6-21(36)25(38)35-30(16-33)11-12-30)23(20-9-7-17(31)15-34-20)27(37)45(41,42)22-10-8-18(43-4)14-19(22)32/h7-10,14-15,21,23-24,27H,5-6,11-13H2,1-4H3,(H,35,38)/t21?,23?,24-,27+/m0/s1. The van der Waals surface area contributed by atoms with Crippen molar-refractivity contribution in [1.82, 2.24) is 20.1 Å². The van der Waals surface area contributed by atoms with E-state index in [-0.39, 0.29) is 27.2 Å². The van der Waals surface area contributed by atoms with Gasteiger partial charge in [-0.05, 0) is 70.7 Å². The van der Waals surface area contributed by atoms with Crippen LogP contribution in [-0.4, -0.2) is 83.4 Å². The number of amides is 3. The lowest BCUT2D eigenvalue weighted by Gasteiger charge is -2.53. The number of ether oxygens (including phenoxy) is 2. The number of carbonyl (C=O) groups excluding carboxylic acids is 3. The third-order valence-electron chi connectivity index (χ3n) is 8.10. The van der Waals surface area contributed by atoms with Gasteiger partial charge in [0.05, 0.1) is 34.0 Å². The Bertz CT molecular complexity index is 1670. The highest BCUT2D eigenvalue weighted by atomic mass is 35.5.